The first-order valence-corrected chi connectivity index (χ1v) is 8.03. The maximum Gasteiger partial charge on any atom is 0.277 e. The number of ether oxygens (including phenoxy) is 2. The molecule has 1 atom stereocenters. The van der Waals surface area contributed by atoms with E-state index in [1.807, 2.05) is 18.2 Å². The van der Waals surface area contributed by atoms with Gasteiger partial charge in [-0.3, -0.25) is 4.79 Å². The summed E-state index contributed by atoms with van der Waals surface area (Å²) in [7, 11) is 0. The summed E-state index contributed by atoms with van der Waals surface area (Å²) in [6.45, 7) is 0.336. The summed E-state index contributed by atoms with van der Waals surface area (Å²) in [6, 6.07) is 14.3. The van der Waals surface area contributed by atoms with Crippen molar-refractivity contribution in [2.75, 3.05) is 12.1 Å². The zero-order chi connectivity index (χ0) is 17.9. The number of rotatable bonds is 5. The largest absolute Gasteiger partial charge is 0.454 e. The van der Waals surface area contributed by atoms with Crippen molar-refractivity contribution in [1.82, 2.24) is 15.0 Å². The number of fused-ring (bicyclic) bond motifs is 1. The highest BCUT2D eigenvalue weighted by Gasteiger charge is 2.18. The van der Waals surface area contributed by atoms with E-state index in [2.05, 4.69) is 15.6 Å². The van der Waals surface area contributed by atoms with Crippen molar-refractivity contribution in [2.45, 2.75) is 12.6 Å². The van der Waals surface area contributed by atoms with Crippen molar-refractivity contribution < 1.29 is 19.4 Å². The van der Waals surface area contributed by atoms with Crippen molar-refractivity contribution in [3.8, 4) is 11.5 Å². The van der Waals surface area contributed by atoms with E-state index >= 15 is 0 Å². The molecular formula is C18H16N4O4. The second-order valence-electron chi connectivity index (χ2n) is 5.77. The Kier molecular flexibility index (Phi) is 4.24. The van der Waals surface area contributed by atoms with Crippen molar-refractivity contribution in [1.29, 1.82) is 0 Å². The number of hydrogen-bond donors (Lipinski definition) is 2. The zero-order valence-corrected chi connectivity index (χ0v) is 13.7. The lowest BCUT2D eigenvalue weighted by atomic mass is 10.1. The smallest absolute Gasteiger partial charge is 0.277 e. The third-order valence-corrected chi connectivity index (χ3v) is 3.94. The maximum atomic E-state index is 12.2. The summed E-state index contributed by atoms with van der Waals surface area (Å²) in [4.78, 5) is 12.2. The van der Waals surface area contributed by atoms with Crippen LogP contribution in [-0.4, -0.2) is 32.8 Å². The molecule has 8 heteroatoms. The average molecular weight is 352 g/mol. The minimum atomic E-state index is -0.823. The summed E-state index contributed by atoms with van der Waals surface area (Å²) in [5, 5.41) is 20.9. The molecule has 0 aliphatic carbocycles. The zero-order valence-electron chi connectivity index (χ0n) is 13.7. The second kappa shape index (κ2) is 6.85. The molecule has 1 aliphatic rings. The Morgan fingerprint density at radius 2 is 2.00 bits per heavy atom. The number of amides is 1. The number of nitrogens with one attached hydrogen (secondary N) is 1. The maximum absolute atomic E-state index is 12.2. The molecule has 0 radical (unpaired) electrons. The van der Waals surface area contributed by atoms with E-state index in [0.717, 1.165) is 0 Å². The minimum Gasteiger partial charge on any atom is -0.454 e. The first-order valence-electron chi connectivity index (χ1n) is 8.03. The van der Waals surface area contributed by atoms with E-state index in [0.29, 0.717) is 22.7 Å². The molecular weight excluding hydrogens is 336 g/mol. The van der Waals surface area contributed by atoms with Gasteiger partial charge in [-0.15, -0.1) is 5.10 Å². The first-order chi connectivity index (χ1) is 12.7. The van der Waals surface area contributed by atoms with Gasteiger partial charge in [-0.05, 0) is 29.8 Å². The van der Waals surface area contributed by atoms with Crippen LogP contribution in [0.5, 0.6) is 11.5 Å². The van der Waals surface area contributed by atoms with E-state index in [1.165, 1.54) is 10.9 Å². The van der Waals surface area contributed by atoms with Crippen LogP contribution in [0.2, 0.25) is 0 Å². The number of aliphatic hydroxyl groups is 1. The van der Waals surface area contributed by atoms with Gasteiger partial charge in [0.1, 0.15) is 0 Å². The highest BCUT2D eigenvalue weighted by atomic mass is 16.7. The lowest BCUT2D eigenvalue weighted by Crippen LogP contribution is -2.12. The molecule has 0 fully saturated rings. The van der Waals surface area contributed by atoms with Gasteiger partial charge < -0.3 is 19.9 Å². The Morgan fingerprint density at radius 3 is 2.85 bits per heavy atom. The molecule has 8 nitrogen and oxygen atoms in total. The third-order valence-electron chi connectivity index (χ3n) is 3.94. The van der Waals surface area contributed by atoms with Crippen LogP contribution >= 0.6 is 0 Å². The van der Waals surface area contributed by atoms with Crippen LogP contribution < -0.4 is 14.8 Å². The third kappa shape index (κ3) is 3.35. The Labute approximate surface area is 149 Å². The van der Waals surface area contributed by atoms with E-state index in [9.17, 15) is 9.90 Å². The Bertz CT molecular complexity index is 926. The average Bonchev–Trinajstić information content (AvgIpc) is 3.31. The summed E-state index contributed by atoms with van der Waals surface area (Å²) < 4.78 is 12.0. The van der Waals surface area contributed by atoms with E-state index < -0.39 is 6.10 Å². The van der Waals surface area contributed by atoms with Crippen molar-refractivity contribution in [3.63, 3.8) is 0 Å². The number of para-hydroxylation sites is 1. The van der Waals surface area contributed by atoms with Gasteiger partial charge in [-0.25, -0.2) is 4.68 Å². The predicted molar refractivity (Wildman–Crippen MR) is 91.9 cm³/mol. The normalized spacial score (nSPS) is 13.4. The van der Waals surface area contributed by atoms with Crippen molar-refractivity contribution in [3.05, 3.63) is 66.0 Å². The molecule has 2 aromatic carbocycles. The van der Waals surface area contributed by atoms with Crippen molar-refractivity contribution >= 4 is 11.6 Å². The summed E-state index contributed by atoms with van der Waals surface area (Å²) >= 11 is 0. The molecule has 1 aromatic heterocycles. The fraction of sp³-hybridized carbons (Fsp3) is 0.167. The Balaban J connectivity index is 1.42. The minimum absolute atomic E-state index is 0.158. The predicted octanol–water partition coefficient (Wildman–Crippen LogP) is 1.99. The number of aromatic nitrogens is 3. The Morgan fingerprint density at radius 1 is 1.19 bits per heavy atom. The fourth-order valence-corrected chi connectivity index (χ4v) is 2.61. The standard InChI is InChI=1S/C18H16N4O4/c23-15(12-6-7-16-17(8-12)26-11-25-16)10-22-9-14(20-21-22)18(24)19-13-4-2-1-3-5-13/h1-9,15,23H,10-11H2,(H,19,24). The summed E-state index contributed by atoms with van der Waals surface area (Å²) in [5.74, 6) is 0.893. The van der Waals surface area contributed by atoms with Crippen LogP contribution in [0.4, 0.5) is 5.69 Å². The molecule has 0 saturated heterocycles. The molecule has 2 N–H and O–H groups in total. The molecule has 0 spiro atoms. The van der Waals surface area contributed by atoms with E-state index in [4.69, 9.17) is 9.47 Å². The van der Waals surface area contributed by atoms with Gasteiger partial charge in [0, 0.05) is 5.69 Å². The molecule has 2 heterocycles. The van der Waals surface area contributed by atoms with Crippen LogP contribution in [0.15, 0.2) is 54.7 Å². The molecule has 0 saturated carbocycles. The van der Waals surface area contributed by atoms with Gasteiger partial charge in [-0.1, -0.05) is 29.5 Å². The number of benzene rings is 2. The number of aliphatic hydroxyl groups excluding tert-OH is 1. The van der Waals surface area contributed by atoms with Gasteiger partial charge in [0.05, 0.1) is 18.8 Å². The molecule has 1 aliphatic heterocycles. The molecule has 3 aromatic rings. The highest BCUT2D eigenvalue weighted by molar-refractivity contribution is 6.02. The monoisotopic (exact) mass is 352 g/mol. The van der Waals surface area contributed by atoms with Crippen LogP contribution in [0.1, 0.15) is 22.2 Å². The van der Waals surface area contributed by atoms with Crippen LogP contribution in [0, 0.1) is 0 Å². The van der Waals surface area contributed by atoms with Gasteiger partial charge in [0.25, 0.3) is 5.91 Å². The van der Waals surface area contributed by atoms with E-state index in [-0.39, 0.29) is 24.9 Å². The second-order valence-corrected chi connectivity index (χ2v) is 5.77. The topological polar surface area (TPSA) is 98.5 Å². The van der Waals surface area contributed by atoms with Gasteiger partial charge in [0.2, 0.25) is 6.79 Å². The summed E-state index contributed by atoms with van der Waals surface area (Å²) in [5.41, 5.74) is 1.51. The number of carbonyl (C=O) groups is 1. The molecule has 26 heavy (non-hydrogen) atoms. The molecule has 0 bridgehead atoms. The van der Waals surface area contributed by atoms with Crippen LogP contribution in [0.3, 0.4) is 0 Å². The first kappa shape index (κ1) is 16.1. The van der Waals surface area contributed by atoms with Gasteiger partial charge in [0.15, 0.2) is 17.2 Å². The Hall–Kier alpha value is -3.39. The van der Waals surface area contributed by atoms with Crippen molar-refractivity contribution in [2.24, 2.45) is 0 Å². The number of carbonyl (C=O) groups excluding carboxylic acids is 1. The number of hydrogen-bond acceptors (Lipinski definition) is 6. The number of nitrogens with zero attached hydrogens (tertiary/aromatic N) is 3. The molecule has 1 unspecified atom stereocenters. The highest BCUT2D eigenvalue weighted by Crippen LogP contribution is 2.34. The SMILES string of the molecule is O=C(Nc1ccccc1)c1cn(CC(O)c2ccc3c(c2)OCO3)nn1. The molecule has 1 amide bonds. The number of anilines is 1. The fourth-order valence-electron chi connectivity index (χ4n) is 2.61. The van der Waals surface area contributed by atoms with Gasteiger partial charge in [-0.2, -0.15) is 0 Å². The lowest BCUT2D eigenvalue weighted by molar-refractivity contribution is 0.102. The van der Waals surface area contributed by atoms with Crippen LogP contribution in [-0.2, 0) is 6.54 Å². The van der Waals surface area contributed by atoms with Crippen LogP contribution in [0.25, 0.3) is 0 Å². The molecule has 4 rings (SSSR count). The summed E-state index contributed by atoms with van der Waals surface area (Å²) in [6.07, 6.45) is 0.672. The lowest BCUT2D eigenvalue weighted by Gasteiger charge is -2.11. The van der Waals surface area contributed by atoms with E-state index in [1.54, 1.807) is 30.3 Å². The van der Waals surface area contributed by atoms with Gasteiger partial charge >= 0.3 is 0 Å². The molecule has 132 valence electrons. The quantitative estimate of drug-likeness (QED) is 0.729.